The van der Waals surface area contributed by atoms with Gasteiger partial charge in [0, 0.05) is 18.5 Å². The topological polar surface area (TPSA) is 80.8 Å². The highest BCUT2D eigenvalue weighted by Crippen LogP contribution is 2.60. The number of sulfonamides is 1. The van der Waals surface area contributed by atoms with E-state index < -0.39 is 16.0 Å². The molecule has 5 rings (SSSR count). The van der Waals surface area contributed by atoms with Gasteiger partial charge in [0.25, 0.3) is 0 Å². The fraction of sp³-hybridized carbons (Fsp3) is 0.667. The first-order chi connectivity index (χ1) is 14.7. The van der Waals surface area contributed by atoms with Crippen LogP contribution in [0, 0.1) is 30.1 Å². The third-order valence-electron chi connectivity index (χ3n) is 7.71. The number of esters is 1. The van der Waals surface area contributed by atoms with Crippen molar-refractivity contribution in [2.45, 2.75) is 64.2 Å². The predicted octanol–water partition coefficient (Wildman–Crippen LogP) is 3.97. The highest BCUT2D eigenvalue weighted by Gasteiger charge is 2.54. The van der Waals surface area contributed by atoms with Crippen molar-refractivity contribution in [3.63, 3.8) is 0 Å². The molecule has 0 atom stereocenters. The molecule has 0 spiro atoms. The first-order valence-corrected chi connectivity index (χ1v) is 12.9. The van der Waals surface area contributed by atoms with Gasteiger partial charge in [0.15, 0.2) is 12.4 Å². The lowest BCUT2D eigenvalue weighted by atomic mass is 9.48. The molecule has 6 nitrogen and oxygen atoms in total. The van der Waals surface area contributed by atoms with Crippen molar-refractivity contribution in [3.8, 4) is 0 Å². The average molecular weight is 448 g/mol. The fourth-order valence-corrected chi connectivity index (χ4v) is 8.24. The van der Waals surface area contributed by atoms with Gasteiger partial charge in [0.2, 0.25) is 10.0 Å². The molecule has 1 aromatic rings. The van der Waals surface area contributed by atoms with Crippen molar-refractivity contribution in [2.24, 2.45) is 23.2 Å². The van der Waals surface area contributed by atoms with Crippen molar-refractivity contribution >= 4 is 21.8 Å². The molecular weight excluding hydrogens is 414 g/mol. The van der Waals surface area contributed by atoms with Gasteiger partial charge in [-0.15, -0.1) is 0 Å². The third-order valence-corrected chi connectivity index (χ3v) is 9.90. The Morgan fingerprint density at radius 2 is 1.58 bits per heavy atom. The van der Waals surface area contributed by atoms with Crippen molar-refractivity contribution < 1.29 is 22.7 Å². The number of nitrogens with zero attached hydrogens (tertiary/aromatic N) is 1. The van der Waals surface area contributed by atoms with E-state index in [1.165, 1.54) is 29.6 Å². The summed E-state index contributed by atoms with van der Waals surface area (Å²) in [7, 11) is -3.69. The minimum Gasteiger partial charge on any atom is -0.454 e. The molecule has 4 saturated carbocycles. The van der Waals surface area contributed by atoms with Crippen LogP contribution in [-0.4, -0.2) is 44.2 Å². The smallest absolute Gasteiger partial charge is 0.338 e. The van der Waals surface area contributed by atoms with E-state index in [1.54, 1.807) is 32.9 Å². The predicted molar refractivity (Wildman–Crippen MR) is 117 cm³/mol. The lowest BCUT2D eigenvalue weighted by Crippen LogP contribution is -2.51. The third kappa shape index (κ3) is 4.07. The van der Waals surface area contributed by atoms with Crippen LogP contribution in [0.2, 0.25) is 0 Å². The molecular formula is C24H33NO5S. The number of ketones is 1. The fourth-order valence-electron chi connectivity index (χ4n) is 6.53. The maximum atomic E-state index is 13.1. The molecule has 0 saturated heterocycles. The molecule has 170 valence electrons. The Morgan fingerprint density at radius 1 is 1.03 bits per heavy atom. The van der Waals surface area contributed by atoms with E-state index in [1.807, 2.05) is 0 Å². The second-order valence-electron chi connectivity index (χ2n) is 9.77. The molecule has 0 aliphatic heterocycles. The van der Waals surface area contributed by atoms with E-state index in [0.717, 1.165) is 19.3 Å². The van der Waals surface area contributed by atoms with Crippen molar-refractivity contribution in [1.29, 1.82) is 0 Å². The number of rotatable bonds is 8. The SMILES string of the molecule is CCN(CC)S(=O)(=O)c1cc(C(=O)OCC(=O)C23CC4CC(CC(C4)C2)C3)ccc1C. The number of hydrogen-bond donors (Lipinski definition) is 0. The quantitative estimate of drug-likeness (QED) is 0.563. The molecule has 4 aliphatic carbocycles. The van der Waals surface area contributed by atoms with Gasteiger partial charge in [-0.05, 0) is 80.9 Å². The molecule has 0 heterocycles. The molecule has 7 heteroatoms. The van der Waals surface area contributed by atoms with Crippen molar-refractivity contribution in [1.82, 2.24) is 4.31 Å². The standard InChI is InChI=1S/C24H33NO5S/c1-4-25(5-2)31(28,29)21-11-20(7-6-16(21)3)23(27)30-15-22(26)24-12-17-8-18(13-24)10-19(9-17)14-24/h6-7,11,17-19H,4-5,8-10,12-15H2,1-3H3. The van der Waals surface area contributed by atoms with Crippen LogP contribution >= 0.6 is 0 Å². The number of carbonyl (C=O) groups is 2. The molecule has 0 N–H and O–H groups in total. The summed E-state index contributed by atoms with van der Waals surface area (Å²) in [5.41, 5.74) is 0.433. The molecule has 4 fully saturated rings. The number of aryl methyl sites for hydroxylation is 1. The van der Waals surface area contributed by atoms with Crippen molar-refractivity contribution in [3.05, 3.63) is 29.3 Å². The average Bonchev–Trinajstić information content (AvgIpc) is 2.71. The number of carbonyl (C=O) groups excluding carboxylic acids is 2. The summed E-state index contributed by atoms with van der Waals surface area (Å²) in [4.78, 5) is 25.9. The van der Waals surface area contributed by atoms with Gasteiger partial charge >= 0.3 is 5.97 Å². The monoisotopic (exact) mass is 447 g/mol. The van der Waals surface area contributed by atoms with E-state index >= 15 is 0 Å². The second-order valence-corrected chi connectivity index (χ2v) is 11.7. The Labute approximate surface area is 185 Å². The van der Waals surface area contributed by atoms with Gasteiger partial charge in [0.05, 0.1) is 10.5 Å². The maximum absolute atomic E-state index is 13.1. The Balaban J connectivity index is 1.46. The summed E-state index contributed by atoms with van der Waals surface area (Å²) in [5, 5.41) is 0. The van der Waals surface area contributed by atoms with Crippen LogP contribution < -0.4 is 0 Å². The number of Topliss-reactive ketones (excluding diaryl/α,β-unsaturated/α-hetero) is 1. The summed E-state index contributed by atoms with van der Waals surface area (Å²) in [6.07, 6.45) is 6.56. The van der Waals surface area contributed by atoms with E-state index in [9.17, 15) is 18.0 Å². The zero-order valence-corrected chi connectivity index (χ0v) is 19.5. The van der Waals surface area contributed by atoms with Crippen LogP contribution in [-0.2, 0) is 19.6 Å². The summed E-state index contributed by atoms with van der Waals surface area (Å²) < 4.78 is 32.6. The number of ether oxygens (including phenoxy) is 1. The second kappa shape index (κ2) is 8.32. The minimum atomic E-state index is -3.69. The molecule has 0 amide bonds. The summed E-state index contributed by atoms with van der Waals surface area (Å²) in [5.74, 6) is 1.35. The van der Waals surface area contributed by atoms with Crippen LogP contribution in [0.4, 0.5) is 0 Å². The van der Waals surface area contributed by atoms with E-state index in [0.29, 0.717) is 36.4 Å². The molecule has 4 aliphatic rings. The largest absolute Gasteiger partial charge is 0.454 e. The first kappa shape index (κ1) is 22.5. The maximum Gasteiger partial charge on any atom is 0.338 e. The Kier molecular flexibility index (Phi) is 6.03. The molecule has 0 unspecified atom stereocenters. The summed E-state index contributed by atoms with van der Waals surface area (Å²) in [6.45, 7) is 5.76. The zero-order valence-electron chi connectivity index (χ0n) is 18.7. The van der Waals surface area contributed by atoms with Gasteiger partial charge in [-0.25, -0.2) is 13.2 Å². The van der Waals surface area contributed by atoms with Gasteiger partial charge in [0.1, 0.15) is 0 Å². The van der Waals surface area contributed by atoms with E-state index in [-0.39, 0.29) is 28.3 Å². The summed E-state index contributed by atoms with van der Waals surface area (Å²) in [6, 6.07) is 4.56. The van der Waals surface area contributed by atoms with Crippen LogP contribution in [0.15, 0.2) is 23.1 Å². The van der Waals surface area contributed by atoms with Crippen molar-refractivity contribution in [2.75, 3.05) is 19.7 Å². The lowest BCUT2D eigenvalue weighted by molar-refractivity contribution is -0.147. The molecule has 0 radical (unpaired) electrons. The molecule has 31 heavy (non-hydrogen) atoms. The first-order valence-electron chi connectivity index (χ1n) is 11.5. The molecule has 0 aromatic heterocycles. The minimum absolute atomic E-state index is 0.0445. The Morgan fingerprint density at radius 3 is 2.10 bits per heavy atom. The Bertz CT molecular complexity index is 944. The normalized spacial score (nSPS) is 29.4. The lowest BCUT2D eigenvalue weighted by Gasteiger charge is -2.55. The van der Waals surface area contributed by atoms with Gasteiger partial charge in [-0.3, -0.25) is 4.79 Å². The van der Waals surface area contributed by atoms with Crippen LogP contribution in [0.25, 0.3) is 0 Å². The Hall–Kier alpha value is -1.73. The van der Waals surface area contributed by atoms with Crippen LogP contribution in [0.3, 0.4) is 0 Å². The van der Waals surface area contributed by atoms with Crippen LogP contribution in [0.1, 0.15) is 68.3 Å². The van der Waals surface area contributed by atoms with Crippen LogP contribution in [0.5, 0.6) is 0 Å². The highest BCUT2D eigenvalue weighted by atomic mass is 32.2. The molecule has 1 aromatic carbocycles. The highest BCUT2D eigenvalue weighted by molar-refractivity contribution is 7.89. The molecule has 4 bridgehead atoms. The zero-order chi connectivity index (χ0) is 22.4. The van der Waals surface area contributed by atoms with Gasteiger partial charge in [-0.1, -0.05) is 19.9 Å². The van der Waals surface area contributed by atoms with Gasteiger partial charge < -0.3 is 4.74 Å². The summed E-state index contributed by atoms with van der Waals surface area (Å²) >= 11 is 0. The van der Waals surface area contributed by atoms with Gasteiger partial charge in [-0.2, -0.15) is 4.31 Å². The number of hydrogen-bond acceptors (Lipinski definition) is 5. The van der Waals surface area contributed by atoms with E-state index in [2.05, 4.69) is 0 Å². The van der Waals surface area contributed by atoms with E-state index in [4.69, 9.17) is 4.74 Å². The number of benzene rings is 1.